The summed E-state index contributed by atoms with van der Waals surface area (Å²) >= 11 is 0. The Morgan fingerprint density at radius 1 is 1.41 bits per heavy atom. The van der Waals surface area contributed by atoms with Crippen LogP contribution >= 0.6 is 0 Å². The zero-order valence-corrected chi connectivity index (χ0v) is 11.6. The molecule has 0 saturated carbocycles. The average molecular weight is 243 g/mol. The highest BCUT2D eigenvalue weighted by Gasteiger charge is 2.30. The summed E-state index contributed by atoms with van der Waals surface area (Å²) in [5.41, 5.74) is 2.97. The topological polar surface area (TPSA) is 50.5 Å². The predicted octanol–water partition coefficient (Wildman–Crippen LogP) is 1.37. The molecule has 3 unspecified atom stereocenters. The third-order valence-corrected chi connectivity index (χ3v) is 3.67. The smallest absolute Gasteiger partial charge is 0.0871 e. The Morgan fingerprint density at radius 2 is 2.18 bits per heavy atom. The lowest BCUT2D eigenvalue weighted by Crippen LogP contribution is -2.56. The van der Waals surface area contributed by atoms with E-state index in [4.69, 9.17) is 10.6 Å². The predicted molar refractivity (Wildman–Crippen MR) is 71.7 cm³/mol. The molecule has 0 aromatic rings. The van der Waals surface area contributed by atoms with Crippen LogP contribution in [0.1, 0.15) is 40.0 Å². The van der Waals surface area contributed by atoms with Crippen molar-refractivity contribution in [2.75, 3.05) is 26.2 Å². The molecule has 4 heteroatoms. The van der Waals surface area contributed by atoms with Crippen molar-refractivity contribution in [1.82, 2.24) is 10.3 Å². The summed E-state index contributed by atoms with van der Waals surface area (Å²) in [6, 6.07) is 0.273. The standard InChI is InChI=1S/C13H29N3O/c1-4-6-11(3)13(15-14)12-10-16(7-5-2)8-9-17-12/h11-13,15H,4-10,14H2,1-3H3. The summed E-state index contributed by atoms with van der Waals surface area (Å²) in [4.78, 5) is 2.48. The van der Waals surface area contributed by atoms with Crippen LogP contribution in [0.3, 0.4) is 0 Å². The lowest BCUT2D eigenvalue weighted by atomic mass is 9.92. The Hall–Kier alpha value is -0.160. The van der Waals surface area contributed by atoms with Crippen molar-refractivity contribution in [2.24, 2.45) is 11.8 Å². The Labute approximate surface area is 106 Å². The summed E-state index contributed by atoms with van der Waals surface area (Å²) in [5, 5.41) is 0. The third kappa shape index (κ3) is 4.54. The van der Waals surface area contributed by atoms with Gasteiger partial charge in [-0.15, -0.1) is 0 Å². The van der Waals surface area contributed by atoms with Gasteiger partial charge in [-0.3, -0.25) is 16.2 Å². The molecule has 3 atom stereocenters. The number of rotatable bonds is 7. The van der Waals surface area contributed by atoms with Gasteiger partial charge in [0.2, 0.25) is 0 Å². The molecular formula is C13H29N3O. The van der Waals surface area contributed by atoms with Crippen LogP contribution < -0.4 is 11.3 Å². The third-order valence-electron chi connectivity index (χ3n) is 3.67. The second-order valence-corrected chi connectivity index (χ2v) is 5.17. The highest BCUT2D eigenvalue weighted by Crippen LogP contribution is 2.18. The van der Waals surface area contributed by atoms with Crippen LogP contribution in [0.25, 0.3) is 0 Å². The average Bonchev–Trinajstić information content (AvgIpc) is 2.31. The van der Waals surface area contributed by atoms with Gasteiger partial charge in [0.15, 0.2) is 0 Å². The van der Waals surface area contributed by atoms with Crippen molar-refractivity contribution >= 4 is 0 Å². The first-order chi connectivity index (χ1) is 8.22. The van der Waals surface area contributed by atoms with Crippen LogP contribution in [-0.4, -0.2) is 43.3 Å². The van der Waals surface area contributed by atoms with Gasteiger partial charge in [-0.05, 0) is 25.3 Å². The number of hydrazine groups is 1. The molecule has 17 heavy (non-hydrogen) atoms. The lowest BCUT2D eigenvalue weighted by Gasteiger charge is -2.38. The van der Waals surface area contributed by atoms with Gasteiger partial charge >= 0.3 is 0 Å². The van der Waals surface area contributed by atoms with Gasteiger partial charge < -0.3 is 4.74 Å². The van der Waals surface area contributed by atoms with E-state index in [0.29, 0.717) is 5.92 Å². The molecule has 0 aromatic heterocycles. The van der Waals surface area contributed by atoms with E-state index in [1.165, 1.54) is 25.8 Å². The molecule has 4 nitrogen and oxygen atoms in total. The summed E-state index contributed by atoms with van der Waals surface area (Å²) in [6.07, 6.45) is 3.84. The zero-order valence-electron chi connectivity index (χ0n) is 11.6. The van der Waals surface area contributed by atoms with Gasteiger partial charge in [0.1, 0.15) is 0 Å². The quantitative estimate of drug-likeness (QED) is 0.524. The minimum Gasteiger partial charge on any atom is -0.374 e. The molecule has 0 amide bonds. The van der Waals surface area contributed by atoms with Gasteiger partial charge in [0.25, 0.3) is 0 Å². The van der Waals surface area contributed by atoms with Crippen molar-refractivity contribution in [3.8, 4) is 0 Å². The molecule has 1 fully saturated rings. The van der Waals surface area contributed by atoms with Gasteiger partial charge in [-0.2, -0.15) is 0 Å². The number of hydrogen-bond donors (Lipinski definition) is 2. The second-order valence-electron chi connectivity index (χ2n) is 5.17. The minimum absolute atomic E-state index is 0.238. The van der Waals surface area contributed by atoms with E-state index in [1.54, 1.807) is 0 Å². The van der Waals surface area contributed by atoms with E-state index in [0.717, 1.165) is 19.7 Å². The minimum atomic E-state index is 0.238. The highest BCUT2D eigenvalue weighted by molar-refractivity contribution is 4.85. The van der Waals surface area contributed by atoms with E-state index in [1.807, 2.05) is 0 Å². The number of nitrogens with one attached hydrogen (secondary N) is 1. The molecule has 1 aliphatic rings. The molecule has 0 spiro atoms. The van der Waals surface area contributed by atoms with Crippen LogP contribution in [-0.2, 0) is 4.74 Å². The number of hydrogen-bond acceptors (Lipinski definition) is 4. The molecule has 0 aromatic carbocycles. The summed E-state index contributed by atoms with van der Waals surface area (Å²) in [7, 11) is 0. The first-order valence-corrected chi connectivity index (χ1v) is 7.03. The van der Waals surface area contributed by atoms with E-state index >= 15 is 0 Å². The first kappa shape index (κ1) is 14.9. The molecule has 1 heterocycles. The van der Waals surface area contributed by atoms with E-state index in [9.17, 15) is 0 Å². The maximum absolute atomic E-state index is 5.89. The number of ether oxygens (including phenoxy) is 1. The Morgan fingerprint density at radius 3 is 2.76 bits per heavy atom. The molecule has 1 rings (SSSR count). The Kier molecular flexibility index (Phi) is 7.04. The molecule has 1 aliphatic heterocycles. The van der Waals surface area contributed by atoms with E-state index in [2.05, 4.69) is 31.1 Å². The van der Waals surface area contributed by atoms with Crippen LogP contribution in [0, 0.1) is 5.92 Å². The van der Waals surface area contributed by atoms with Crippen molar-refractivity contribution in [2.45, 2.75) is 52.2 Å². The summed E-state index contributed by atoms with van der Waals surface area (Å²) in [5.74, 6) is 6.27. The fraction of sp³-hybridized carbons (Fsp3) is 1.00. The van der Waals surface area contributed by atoms with E-state index < -0.39 is 0 Å². The highest BCUT2D eigenvalue weighted by atomic mass is 16.5. The van der Waals surface area contributed by atoms with Crippen LogP contribution in [0.2, 0.25) is 0 Å². The summed E-state index contributed by atoms with van der Waals surface area (Å²) < 4.78 is 5.89. The molecule has 102 valence electrons. The van der Waals surface area contributed by atoms with Crippen LogP contribution in [0.5, 0.6) is 0 Å². The molecule has 3 N–H and O–H groups in total. The fourth-order valence-electron chi connectivity index (χ4n) is 2.74. The van der Waals surface area contributed by atoms with Crippen molar-refractivity contribution in [1.29, 1.82) is 0 Å². The van der Waals surface area contributed by atoms with Gasteiger partial charge in [-0.1, -0.05) is 27.2 Å². The number of nitrogens with two attached hydrogens (primary N) is 1. The number of nitrogens with zero attached hydrogens (tertiary/aromatic N) is 1. The SMILES string of the molecule is CCCC(C)C(NN)C1CN(CCC)CCO1. The van der Waals surface area contributed by atoms with Crippen molar-refractivity contribution in [3.05, 3.63) is 0 Å². The van der Waals surface area contributed by atoms with Crippen LogP contribution in [0.4, 0.5) is 0 Å². The van der Waals surface area contributed by atoms with Crippen molar-refractivity contribution < 1.29 is 4.74 Å². The largest absolute Gasteiger partial charge is 0.374 e. The normalized spacial score (nSPS) is 25.8. The Bertz CT molecular complexity index is 199. The number of morpholine rings is 1. The maximum atomic E-state index is 5.89. The summed E-state index contributed by atoms with van der Waals surface area (Å²) in [6.45, 7) is 10.8. The monoisotopic (exact) mass is 243 g/mol. The van der Waals surface area contributed by atoms with E-state index in [-0.39, 0.29) is 12.1 Å². The second kappa shape index (κ2) is 8.03. The molecule has 0 bridgehead atoms. The molecule has 0 radical (unpaired) electrons. The zero-order chi connectivity index (χ0) is 12.7. The molecule has 0 aliphatic carbocycles. The first-order valence-electron chi connectivity index (χ1n) is 7.03. The fourth-order valence-corrected chi connectivity index (χ4v) is 2.74. The van der Waals surface area contributed by atoms with Crippen molar-refractivity contribution in [3.63, 3.8) is 0 Å². The molecule has 1 saturated heterocycles. The Balaban J connectivity index is 2.49. The van der Waals surface area contributed by atoms with Crippen LogP contribution in [0.15, 0.2) is 0 Å². The van der Waals surface area contributed by atoms with Gasteiger partial charge in [0.05, 0.1) is 18.8 Å². The maximum Gasteiger partial charge on any atom is 0.0871 e. The molecular weight excluding hydrogens is 214 g/mol. The van der Waals surface area contributed by atoms with Gasteiger partial charge in [0, 0.05) is 13.1 Å². The lowest BCUT2D eigenvalue weighted by molar-refractivity contribution is -0.0558. The van der Waals surface area contributed by atoms with Gasteiger partial charge in [-0.25, -0.2) is 0 Å².